The standard InChI is InChI=1S/C22H30N2O5S/c1-2-3-10-23-11-7-9-22-17(19(26)24(12-13-25)18(22)20(23)27)16-15(30-22)8-5-4-6-14-29-21(16)28/h5,7-9,15-18,25H,2-4,6,10-14H2,1H3/b8-5-/t15-,16+,17-,18?,22-/m0/s1. The van der Waals surface area contributed by atoms with Crippen molar-refractivity contribution < 1.29 is 24.2 Å². The minimum Gasteiger partial charge on any atom is -0.465 e. The number of carbonyl (C=O) groups is 3. The summed E-state index contributed by atoms with van der Waals surface area (Å²) in [4.78, 5) is 43.5. The SMILES string of the molecule is CCCCN1CC=C[C@]23S[C@H]4/C=C\CCCOC(=O)[C@H]4[C@H]2C(=O)N(CCO)C3C1=O. The van der Waals surface area contributed by atoms with E-state index in [0.29, 0.717) is 19.7 Å². The number of nitrogens with zero attached hydrogens (tertiary/aromatic N) is 2. The van der Waals surface area contributed by atoms with Crippen molar-refractivity contribution in [3.8, 4) is 0 Å². The fourth-order valence-electron chi connectivity index (χ4n) is 5.20. The van der Waals surface area contributed by atoms with Gasteiger partial charge in [-0.2, -0.15) is 0 Å². The van der Waals surface area contributed by atoms with Gasteiger partial charge in [-0.05, 0) is 19.3 Å². The van der Waals surface area contributed by atoms with Gasteiger partial charge in [0, 0.05) is 24.9 Å². The number of hydrogen-bond acceptors (Lipinski definition) is 6. The van der Waals surface area contributed by atoms with Gasteiger partial charge in [-0.3, -0.25) is 14.4 Å². The summed E-state index contributed by atoms with van der Waals surface area (Å²) in [5.74, 6) is -1.96. The van der Waals surface area contributed by atoms with Crippen molar-refractivity contribution in [3.05, 3.63) is 24.3 Å². The molecule has 7 nitrogen and oxygen atoms in total. The molecule has 2 fully saturated rings. The third-order valence-corrected chi connectivity index (χ3v) is 8.30. The highest BCUT2D eigenvalue weighted by Crippen LogP contribution is 2.60. The third kappa shape index (κ3) is 3.38. The van der Waals surface area contributed by atoms with Crippen LogP contribution in [0.3, 0.4) is 0 Å². The maximum absolute atomic E-state index is 13.6. The first-order valence-corrected chi connectivity index (χ1v) is 11.8. The summed E-state index contributed by atoms with van der Waals surface area (Å²) >= 11 is 1.54. The van der Waals surface area contributed by atoms with E-state index in [4.69, 9.17) is 4.74 Å². The second kappa shape index (κ2) is 8.75. The van der Waals surface area contributed by atoms with E-state index in [9.17, 15) is 19.5 Å². The molecule has 2 amide bonds. The fraction of sp³-hybridized carbons (Fsp3) is 0.682. The summed E-state index contributed by atoms with van der Waals surface area (Å²) in [5.41, 5.74) is 0. The highest BCUT2D eigenvalue weighted by Gasteiger charge is 2.70. The Kier molecular flexibility index (Phi) is 6.25. The van der Waals surface area contributed by atoms with Gasteiger partial charge in [-0.25, -0.2) is 0 Å². The van der Waals surface area contributed by atoms with Crippen LogP contribution in [0.2, 0.25) is 0 Å². The van der Waals surface area contributed by atoms with Gasteiger partial charge in [0.15, 0.2) is 0 Å². The van der Waals surface area contributed by atoms with Crippen LogP contribution in [0.15, 0.2) is 24.3 Å². The maximum Gasteiger partial charge on any atom is 0.311 e. The van der Waals surface area contributed by atoms with Crippen molar-refractivity contribution in [1.29, 1.82) is 0 Å². The van der Waals surface area contributed by atoms with Gasteiger partial charge in [0.05, 0.1) is 29.8 Å². The smallest absolute Gasteiger partial charge is 0.311 e. The van der Waals surface area contributed by atoms with E-state index in [1.54, 1.807) is 16.7 Å². The second-order valence-electron chi connectivity index (χ2n) is 8.38. The molecule has 1 spiro atoms. The summed E-state index contributed by atoms with van der Waals surface area (Å²) in [7, 11) is 0. The highest BCUT2D eigenvalue weighted by molar-refractivity contribution is 8.02. The highest BCUT2D eigenvalue weighted by atomic mass is 32.2. The number of cyclic esters (lactones) is 1. The second-order valence-corrected chi connectivity index (χ2v) is 9.86. The van der Waals surface area contributed by atoms with Gasteiger partial charge < -0.3 is 19.6 Å². The molecule has 5 atom stereocenters. The Morgan fingerprint density at radius 2 is 2.07 bits per heavy atom. The van der Waals surface area contributed by atoms with Gasteiger partial charge >= 0.3 is 5.97 Å². The zero-order valence-corrected chi connectivity index (χ0v) is 18.2. The van der Waals surface area contributed by atoms with E-state index in [0.717, 1.165) is 25.7 Å². The number of thioether (sulfide) groups is 1. The van der Waals surface area contributed by atoms with Crippen LogP contribution in [0.25, 0.3) is 0 Å². The molecule has 30 heavy (non-hydrogen) atoms. The van der Waals surface area contributed by atoms with Gasteiger partial charge in [0.1, 0.15) is 6.04 Å². The van der Waals surface area contributed by atoms with Crippen LogP contribution in [0.1, 0.15) is 32.6 Å². The van der Waals surface area contributed by atoms with E-state index in [2.05, 4.69) is 13.0 Å². The van der Waals surface area contributed by atoms with Gasteiger partial charge in [-0.1, -0.05) is 37.6 Å². The number of ether oxygens (including phenoxy) is 1. The summed E-state index contributed by atoms with van der Waals surface area (Å²) in [6.07, 6.45) is 11.5. The molecule has 8 heteroatoms. The van der Waals surface area contributed by atoms with Crippen LogP contribution in [0.5, 0.6) is 0 Å². The zero-order valence-electron chi connectivity index (χ0n) is 17.4. The number of hydrogen-bond donors (Lipinski definition) is 1. The van der Waals surface area contributed by atoms with Crippen LogP contribution in [-0.2, 0) is 19.1 Å². The summed E-state index contributed by atoms with van der Waals surface area (Å²) in [6, 6.07) is -0.709. The molecule has 0 aromatic carbocycles. The first-order valence-electron chi connectivity index (χ1n) is 10.9. The number of esters is 1. The molecule has 4 rings (SSSR count). The summed E-state index contributed by atoms with van der Waals surface area (Å²) in [5, 5.41) is 9.41. The van der Waals surface area contributed by atoms with Crippen LogP contribution in [0.4, 0.5) is 0 Å². The van der Waals surface area contributed by atoms with E-state index in [1.807, 2.05) is 18.2 Å². The first-order chi connectivity index (χ1) is 14.5. The monoisotopic (exact) mass is 434 g/mol. The van der Waals surface area contributed by atoms with E-state index in [-0.39, 0.29) is 36.2 Å². The molecule has 0 aromatic rings. The van der Waals surface area contributed by atoms with Crippen molar-refractivity contribution in [2.45, 2.75) is 48.6 Å². The largest absolute Gasteiger partial charge is 0.465 e. The minimum atomic E-state index is -0.817. The predicted octanol–water partition coefficient (Wildman–Crippen LogP) is 1.37. The van der Waals surface area contributed by atoms with E-state index >= 15 is 0 Å². The number of aliphatic hydroxyl groups is 1. The lowest BCUT2D eigenvalue weighted by Crippen LogP contribution is -2.53. The van der Waals surface area contributed by atoms with Crippen molar-refractivity contribution in [3.63, 3.8) is 0 Å². The molecule has 1 unspecified atom stereocenters. The molecule has 4 aliphatic heterocycles. The van der Waals surface area contributed by atoms with E-state index in [1.165, 1.54) is 4.90 Å². The molecule has 1 N–H and O–H groups in total. The number of rotatable bonds is 5. The molecular formula is C22H30N2O5S. The van der Waals surface area contributed by atoms with Crippen LogP contribution in [0, 0.1) is 11.8 Å². The molecule has 0 bridgehead atoms. The zero-order chi connectivity index (χ0) is 21.3. The number of unbranched alkanes of at least 4 members (excludes halogenated alkanes) is 1. The third-order valence-electron chi connectivity index (χ3n) is 6.56. The van der Waals surface area contributed by atoms with Crippen LogP contribution in [-0.4, -0.2) is 81.6 Å². The quantitative estimate of drug-likeness (QED) is 0.520. The molecule has 0 saturated carbocycles. The Labute approximate surface area is 181 Å². The topological polar surface area (TPSA) is 87.2 Å². The molecule has 0 aromatic heterocycles. The lowest BCUT2D eigenvalue weighted by Gasteiger charge is -2.35. The number of fused-ring (bicyclic) bond motifs is 2. The lowest BCUT2D eigenvalue weighted by atomic mass is 9.78. The lowest BCUT2D eigenvalue weighted by molar-refractivity contribution is -0.153. The Hall–Kier alpha value is -1.80. The van der Waals surface area contributed by atoms with Crippen molar-refractivity contribution in [2.24, 2.45) is 11.8 Å². The van der Waals surface area contributed by atoms with E-state index < -0.39 is 22.6 Å². The molecule has 0 radical (unpaired) electrons. The summed E-state index contributed by atoms with van der Waals surface area (Å²) < 4.78 is 4.69. The Morgan fingerprint density at radius 3 is 2.83 bits per heavy atom. The van der Waals surface area contributed by atoms with Crippen molar-refractivity contribution in [1.82, 2.24) is 9.80 Å². The van der Waals surface area contributed by atoms with Crippen molar-refractivity contribution >= 4 is 29.5 Å². The minimum absolute atomic E-state index is 0.0888. The first kappa shape index (κ1) is 21.4. The predicted molar refractivity (Wildman–Crippen MR) is 114 cm³/mol. The number of β-amino-alcohol motifs (C(OH)–C–C–N with tert-alkyl or cyclic N) is 1. The van der Waals surface area contributed by atoms with Gasteiger partial charge in [-0.15, -0.1) is 11.8 Å². The number of amides is 2. The molecule has 164 valence electrons. The molecular weight excluding hydrogens is 404 g/mol. The molecule has 2 saturated heterocycles. The van der Waals surface area contributed by atoms with Crippen molar-refractivity contribution in [2.75, 3.05) is 32.8 Å². The fourth-order valence-corrected chi connectivity index (χ4v) is 7.20. The Bertz CT molecular complexity index is 769. The summed E-state index contributed by atoms with van der Waals surface area (Å²) in [6.45, 7) is 3.43. The van der Waals surface area contributed by atoms with Gasteiger partial charge in [0.25, 0.3) is 0 Å². The maximum atomic E-state index is 13.6. The Morgan fingerprint density at radius 1 is 1.23 bits per heavy atom. The normalized spacial score (nSPS) is 36.9. The Balaban J connectivity index is 1.78. The average Bonchev–Trinajstić information content (AvgIpc) is 3.13. The molecule has 4 heterocycles. The van der Waals surface area contributed by atoms with Gasteiger partial charge in [0.2, 0.25) is 11.8 Å². The van der Waals surface area contributed by atoms with Crippen LogP contribution >= 0.6 is 11.8 Å². The number of aliphatic hydroxyl groups excluding tert-OH is 1. The average molecular weight is 435 g/mol. The molecule has 0 aliphatic carbocycles. The molecule has 4 aliphatic rings. The number of carbonyl (C=O) groups excluding carboxylic acids is 3. The number of allylic oxidation sites excluding steroid dienone is 1. The van der Waals surface area contributed by atoms with Crippen LogP contribution < -0.4 is 0 Å². The number of likely N-dealkylation sites (tertiary alicyclic amines) is 1.